The van der Waals surface area contributed by atoms with Crippen molar-refractivity contribution in [3.8, 4) is 0 Å². The predicted octanol–water partition coefficient (Wildman–Crippen LogP) is 2.58. The standard InChI is InChI=1S/C14H12FNO2/c1-18-13(17)14(6-7-14)10-5-8-16-12-9(10)3-2-4-11(12)15/h2-5,8H,6-7H2,1H3. The van der Waals surface area contributed by atoms with Crippen molar-refractivity contribution in [3.63, 3.8) is 0 Å². The van der Waals surface area contributed by atoms with Gasteiger partial charge in [-0.05, 0) is 30.5 Å². The smallest absolute Gasteiger partial charge is 0.316 e. The summed E-state index contributed by atoms with van der Waals surface area (Å²) in [5.41, 5.74) is 0.535. The first-order valence-corrected chi connectivity index (χ1v) is 5.81. The third kappa shape index (κ3) is 1.41. The van der Waals surface area contributed by atoms with Crippen LogP contribution in [0.5, 0.6) is 0 Å². The highest BCUT2D eigenvalue weighted by atomic mass is 19.1. The average Bonchev–Trinajstić information content (AvgIpc) is 3.19. The molecule has 1 fully saturated rings. The summed E-state index contributed by atoms with van der Waals surface area (Å²) in [5, 5.41) is 0.695. The highest BCUT2D eigenvalue weighted by Gasteiger charge is 2.53. The second-order valence-corrected chi connectivity index (χ2v) is 4.57. The number of pyridine rings is 1. The van der Waals surface area contributed by atoms with E-state index in [1.54, 1.807) is 24.4 Å². The summed E-state index contributed by atoms with van der Waals surface area (Å²) < 4.78 is 18.5. The number of carbonyl (C=O) groups is 1. The van der Waals surface area contributed by atoms with Crippen LogP contribution in [0.1, 0.15) is 18.4 Å². The summed E-state index contributed by atoms with van der Waals surface area (Å²) >= 11 is 0. The summed E-state index contributed by atoms with van der Waals surface area (Å²) in [6.45, 7) is 0. The SMILES string of the molecule is COC(=O)C1(c2ccnc3c(F)cccc23)CC1. The Balaban J connectivity index is 2.25. The molecule has 1 aromatic carbocycles. The van der Waals surface area contributed by atoms with Gasteiger partial charge < -0.3 is 4.74 Å². The zero-order valence-electron chi connectivity index (χ0n) is 9.94. The van der Waals surface area contributed by atoms with Crippen LogP contribution in [0.4, 0.5) is 4.39 Å². The molecule has 0 atom stereocenters. The van der Waals surface area contributed by atoms with Crippen LogP contribution in [0.2, 0.25) is 0 Å². The number of nitrogens with zero attached hydrogens (tertiary/aromatic N) is 1. The Morgan fingerprint density at radius 1 is 1.39 bits per heavy atom. The highest BCUT2D eigenvalue weighted by Crippen LogP contribution is 2.51. The van der Waals surface area contributed by atoms with Gasteiger partial charge in [0.2, 0.25) is 0 Å². The first kappa shape index (κ1) is 11.1. The first-order valence-electron chi connectivity index (χ1n) is 5.81. The second-order valence-electron chi connectivity index (χ2n) is 4.57. The molecule has 18 heavy (non-hydrogen) atoms. The van der Waals surface area contributed by atoms with Crippen molar-refractivity contribution in [2.45, 2.75) is 18.3 Å². The van der Waals surface area contributed by atoms with Gasteiger partial charge in [0.15, 0.2) is 0 Å². The van der Waals surface area contributed by atoms with Crippen molar-refractivity contribution in [3.05, 3.63) is 41.8 Å². The van der Waals surface area contributed by atoms with Gasteiger partial charge in [-0.2, -0.15) is 0 Å². The Bertz CT molecular complexity index is 635. The van der Waals surface area contributed by atoms with Crippen LogP contribution in [0.25, 0.3) is 10.9 Å². The minimum absolute atomic E-state index is 0.251. The Kier molecular flexibility index (Phi) is 2.33. The molecule has 4 heteroatoms. The van der Waals surface area contributed by atoms with E-state index in [2.05, 4.69) is 4.98 Å². The van der Waals surface area contributed by atoms with E-state index in [9.17, 15) is 9.18 Å². The molecule has 0 amide bonds. The number of hydrogen-bond donors (Lipinski definition) is 0. The molecule has 3 nitrogen and oxygen atoms in total. The van der Waals surface area contributed by atoms with Crippen LogP contribution >= 0.6 is 0 Å². The number of para-hydroxylation sites is 1. The number of aromatic nitrogens is 1. The van der Waals surface area contributed by atoms with E-state index in [1.807, 2.05) is 0 Å². The molecule has 1 aromatic heterocycles. The van der Waals surface area contributed by atoms with E-state index in [0.29, 0.717) is 10.9 Å². The van der Waals surface area contributed by atoms with Crippen LogP contribution in [-0.4, -0.2) is 18.1 Å². The number of methoxy groups -OCH3 is 1. The Morgan fingerprint density at radius 2 is 2.17 bits per heavy atom. The maximum Gasteiger partial charge on any atom is 0.316 e. The van der Waals surface area contributed by atoms with Gasteiger partial charge in [0.1, 0.15) is 11.3 Å². The molecule has 0 aliphatic heterocycles. The molecular weight excluding hydrogens is 233 g/mol. The number of benzene rings is 1. The lowest BCUT2D eigenvalue weighted by atomic mass is 9.93. The molecule has 0 radical (unpaired) electrons. The van der Waals surface area contributed by atoms with Crippen LogP contribution in [0.15, 0.2) is 30.5 Å². The van der Waals surface area contributed by atoms with E-state index < -0.39 is 5.41 Å². The molecular formula is C14H12FNO2. The highest BCUT2D eigenvalue weighted by molar-refractivity contribution is 5.94. The summed E-state index contributed by atoms with van der Waals surface area (Å²) in [6.07, 6.45) is 3.04. The minimum Gasteiger partial charge on any atom is -0.468 e. The lowest BCUT2D eigenvalue weighted by Gasteiger charge is -2.15. The third-order valence-electron chi connectivity index (χ3n) is 3.56. The molecule has 0 unspecified atom stereocenters. The summed E-state index contributed by atoms with van der Waals surface area (Å²) in [4.78, 5) is 15.9. The lowest BCUT2D eigenvalue weighted by molar-refractivity contribution is -0.143. The summed E-state index contributed by atoms with van der Waals surface area (Å²) in [5.74, 6) is -0.616. The van der Waals surface area contributed by atoms with Gasteiger partial charge in [0.25, 0.3) is 0 Å². The molecule has 0 spiro atoms. The topological polar surface area (TPSA) is 39.2 Å². The van der Waals surface area contributed by atoms with Gasteiger partial charge in [0, 0.05) is 11.6 Å². The Hall–Kier alpha value is -1.97. The predicted molar refractivity (Wildman–Crippen MR) is 64.6 cm³/mol. The first-order chi connectivity index (χ1) is 8.69. The minimum atomic E-state index is -0.594. The average molecular weight is 245 g/mol. The molecule has 3 rings (SSSR count). The number of rotatable bonds is 2. The Morgan fingerprint density at radius 3 is 2.83 bits per heavy atom. The van der Waals surface area contributed by atoms with E-state index in [-0.39, 0.29) is 11.8 Å². The maximum absolute atomic E-state index is 13.7. The van der Waals surface area contributed by atoms with Crippen molar-refractivity contribution >= 4 is 16.9 Å². The fourth-order valence-corrected chi connectivity index (χ4v) is 2.46. The van der Waals surface area contributed by atoms with Crippen molar-refractivity contribution in [2.24, 2.45) is 0 Å². The normalized spacial score (nSPS) is 16.6. The number of ether oxygens (including phenoxy) is 1. The van der Waals surface area contributed by atoms with Crippen molar-refractivity contribution in [1.82, 2.24) is 4.98 Å². The van der Waals surface area contributed by atoms with E-state index in [1.165, 1.54) is 13.2 Å². The van der Waals surface area contributed by atoms with Gasteiger partial charge in [-0.3, -0.25) is 9.78 Å². The maximum atomic E-state index is 13.7. The van der Waals surface area contributed by atoms with E-state index in [0.717, 1.165) is 18.4 Å². The third-order valence-corrected chi connectivity index (χ3v) is 3.56. The van der Waals surface area contributed by atoms with Gasteiger partial charge in [-0.1, -0.05) is 12.1 Å². The number of halogens is 1. The molecule has 1 aliphatic rings. The molecule has 0 N–H and O–H groups in total. The monoisotopic (exact) mass is 245 g/mol. The van der Waals surface area contributed by atoms with Crippen LogP contribution in [0, 0.1) is 5.82 Å². The molecule has 0 bridgehead atoms. The van der Waals surface area contributed by atoms with Crippen LogP contribution in [-0.2, 0) is 14.9 Å². The van der Waals surface area contributed by atoms with E-state index in [4.69, 9.17) is 4.74 Å². The zero-order chi connectivity index (χ0) is 12.8. The van der Waals surface area contributed by atoms with Crippen molar-refractivity contribution < 1.29 is 13.9 Å². The molecule has 1 saturated carbocycles. The van der Waals surface area contributed by atoms with Gasteiger partial charge in [-0.15, -0.1) is 0 Å². The van der Waals surface area contributed by atoms with Crippen molar-refractivity contribution in [1.29, 1.82) is 0 Å². The molecule has 2 aromatic rings. The quantitative estimate of drug-likeness (QED) is 0.763. The second kappa shape index (κ2) is 3.77. The van der Waals surface area contributed by atoms with Gasteiger partial charge in [0.05, 0.1) is 12.5 Å². The molecule has 1 aliphatic carbocycles. The van der Waals surface area contributed by atoms with Crippen LogP contribution in [0.3, 0.4) is 0 Å². The van der Waals surface area contributed by atoms with Gasteiger partial charge in [-0.25, -0.2) is 4.39 Å². The molecule has 0 saturated heterocycles. The molecule has 1 heterocycles. The largest absolute Gasteiger partial charge is 0.468 e. The number of carbonyl (C=O) groups excluding carboxylic acids is 1. The fourth-order valence-electron chi connectivity index (χ4n) is 2.46. The van der Waals surface area contributed by atoms with Crippen molar-refractivity contribution in [2.75, 3.05) is 7.11 Å². The number of fused-ring (bicyclic) bond motifs is 1. The van der Waals surface area contributed by atoms with Gasteiger partial charge >= 0.3 is 5.97 Å². The Labute approximate surface area is 104 Å². The molecule has 92 valence electrons. The summed E-state index contributed by atoms with van der Waals surface area (Å²) in [6, 6.07) is 6.59. The fraction of sp³-hybridized carbons (Fsp3) is 0.286. The number of hydrogen-bond acceptors (Lipinski definition) is 3. The lowest BCUT2D eigenvalue weighted by Crippen LogP contribution is -2.22. The van der Waals surface area contributed by atoms with E-state index >= 15 is 0 Å². The van der Waals surface area contributed by atoms with Crippen LogP contribution < -0.4 is 0 Å². The zero-order valence-corrected chi connectivity index (χ0v) is 9.94. The number of esters is 1. The summed E-state index contributed by atoms with van der Waals surface area (Å²) in [7, 11) is 1.38.